The molecule has 0 N–H and O–H groups in total. The molecule has 0 aliphatic carbocycles. The van der Waals surface area contributed by atoms with Crippen LogP contribution in [0.2, 0.25) is 0 Å². The molecule has 6 heteroatoms. The highest BCUT2D eigenvalue weighted by atomic mass is 32.2. The summed E-state index contributed by atoms with van der Waals surface area (Å²) in [6.45, 7) is 3.99. The molecule has 0 radical (unpaired) electrons. The SMILES string of the molecule is Cc1ccc(CS(=O)(=O)Cc2cnsn2)cc1C. The molecular weight excluding hydrogens is 268 g/mol. The first-order chi connectivity index (χ1) is 8.46. The molecule has 18 heavy (non-hydrogen) atoms. The zero-order valence-corrected chi connectivity index (χ0v) is 11.9. The van der Waals surface area contributed by atoms with E-state index >= 15 is 0 Å². The van der Waals surface area contributed by atoms with Crippen molar-refractivity contribution in [1.29, 1.82) is 0 Å². The number of sulfone groups is 1. The van der Waals surface area contributed by atoms with E-state index in [1.54, 1.807) is 0 Å². The van der Waals surface area contributed by atoms with Crippen LogP contribution in [0.5, 0.6) is 0 Å². The number of rotatable bonds is 4. The molecule has 1 heterocycles. The van der Waals surface area contributed by atoms with Gasteiger partial charge in [-0.1, -0.05) is 18.2 Å². The second kappa shape index (κ2) is 5.16. The summed E-state index contributed by atoms with van der Waals surface area (Å²) in [6.07, 6.45) is 1.50. The molecule has 2 aromatic rings. The quantitative estimate of drug-likeness (QED) is 0.863. The van der Waals surface area contributed by atoms with E-state index in [1.165, 1.54) is 11.8 Å². The van der Waals surface area contributed by atoms with Gasteiger partial charge in [0.15, 0.2) is 9.84 Å². The van der Waals surface area contributed by atoms with Gasteiger partial charge < -0.3 is 0 Å². The lowest BCUT2D eigenvalue weighted by Gasteiger charge is -2.05. The Balaban J connectivity index is 2.14. The summed E-state index contributed by atoms with van der Waals surface area (Å²) < 4.78 is 31.7. The standard InChI is InChI=1S/C12H14N2O2S2/c1-9-3-4-11(5-10(9)2)7-18(15,16)8-12-6-13-17-14-12/h3-6H,7-8H2,1-2H3. The van der Waals surface area contributed by atoms with Crippen LogP contribution in [0, 0.1) is 13.8 Å². The monoisotopic (exact) mass is 282 g/mol. The molecule has 4 nitrogen and oxygen atoms in total. The van der Waals surface area contributed by atoms with Crippen LogP contribution in [0.15, 0.2) is 24.4 Å². The van der Waals surface area contributed by atoms with Crippen molar-refractivity contribution in [3.8, 4) is 0 Å². The second-order valence-electron chi connectivity index (χ2n) is 4.35. The van der Waals surface area contributed by atoms with Crippen LogP contribution in [-0.2, 0) is 21.3 Å². The van der Waals surface area contributed by atoms with Gasteiger partial charge in [-0.25, -0.2) is 8.42 Å². The Hall–Kier alpha value is -1.27. The number of aryl methyl sites for hydroxylation is 2. The molecule has 0 spiro atoms. The Morgan fingerprint density at radius 2 is 1.94 bits per heavy atom. The van der Waals surface area contributed by atoms with Crippen molar-refractivity contribution in [2.24, 2.45) is 0 Å². The van der Waals surface area contributed by atoms with E-state index in [9.17, 15) is 8.42 Å². The average molecular weight is 282 g/mol. The lowest BCUT2D eigenvalue weighted by molar-refractivity contribution is 0.594. The summed E-state index contributed by atoms with van der Waals surface area (Å²) >= 11 is 1.03. The van der Waals surface area contributed by atoms with Crippen molar-refractivity contribution in [2.75, 3.05) is 0 Å². The van der Waals surface area contributed by atoms with Crippen molar-refractivity contribution in [2.45, 2.75) is 25.4 Å². The number of hydrogen-bond acceptors (Lipinski definition) is 5. The van der Waals surface area contributed by atoms with Gasteiger partial charge in [-0.2, -0.15) is 8.75 Å². The first kappa shape index (κ1) is 13.2. The number of benzene rings is 1. The van der Waals surface area contributed by atoms with Crippen molar-refractivity contribution < 1.29 is 8.42 Å². The predicted molar refractivity (Wildman–Crippen MR) is 72.2 cm³/mol. The Bertz CT molecular complexity index is 634. The largest absolute Gasteiger partial charge is 0.228 e. The van der Waals surface area contributed by atoms with E-state index in [2.05, 4.69) is 8.75 Å². The molecule has 0 unspecified atom stereocenters. The van der Waals surface area contributed by atoms with Crippen LogP contribution >= 0.6 is 11.7 Å². The van der Waals surface area contributed by atoms with Gasteiger partial charge in [0, 0.05) is 0 Å². The Labute approximate surface area is 111 Å². The van der Waals surface area contributed by atoms with Crippen LogP contribution in [0.3, 0.4) is 0 Å². The molecule has 0 saturated carbocycles. The lowest BCUT2D eigenvalue weighted by atomic mass is 10.1. The van der Waals surface area contributed by atoms with Crippen molar-refractivity contribution in [3.63, 3.8) is 0 Å². The molecule has 0 aliphatic heterocycles. The summed E-state index contributed by atoms with van der Waals surface area (Å²) in [4.78, 5) is 0. The molecule has 2 rings (SSSR count). The summed E-state index contributed by atoms with van der Waals surface area (Å²) in [7, 11) is -3.18. The Morgan fingerprint density at radius 1 is 1.17 bits per heavy atom. The van der Waals surface area contributed by atoms with E-state index in [4.69, 9.17) is 0 Å². The van der Waals surface area contributed by atoms with Gasteiger partial charge in [0.2, 0.25) is 0 Å². The van der Waals surface area contributed by atoms with Crippen LogP contribution in [0.25, 0.3) is 0 Å². The van der Waals surface area contributed by atoms with Gasteiger partial charge in [0.05, 0.1) is 35.1 Å². The van der Waals surface area contributed by atoms with Gasteiger partial charge in [-0.05, 0) is 30.5 Å². The van der Waals surface area contributed by atoms with Crippen LogP contribution < -0.4 is 0 Å². The van der Waals surface area contributed by atoms with Crippen molar-refractivity contribution in [1.82, 2.24) is 8.75 Å². The maximum atomic E-state index is 12.0. The van der Waals surface area contributed by atoms with Crippen molar-refractivity contribution in [3.05, 3.63) is 46.8 Å². The Kier molecular flexibility index (Phi) is 3.77. The summed E-state index contributed by atoms with van der Waals surface area (Å²) in [5.41, 5.74) is 3.61. The average Bonchev–Trinajstić information content (AvgIpc) is 2.75. The molecule has 0 amide bonds. The van der Waals surface area contributed by atoms with Gasteiger partial charge in [0.25, 0.3) is 0 Å². The van der Waals surface area contributed by atoms with Crippen LogP contribution in [-0.4, -0.2) is 17.2 Å². The molecule has 96 valence electrons. The highest BCUT2D eigenvalue weighted by molar-refractivity contribution is 7.89. The van der Waals surface area contributed by atoms with E-state index in [1.807, 2.05) is 32.0 Å². The minimum absolute atomic E-state index is 0.0452. The topological polar surface area (TPSA) is 59.9 Å². The van der Waals surface area contributed by atoms with Gasteiger partial charge >= 0.3 is 0 Å². The third-order valence-corrected chi connectivity index (χ3v) is 4.76. The lowest BCUT2D eigenvalue weighted by Crippen LogP contribution is -2.08. The third kappa shape index (κ3) is 3.36. The summed E-state index contributed by atoms with van der Waals surface area (Å²) in [5.74, 6) is 0.00205. The second-order valence-corrected chi connectivity index (χ2v) is 6.97. The van der Waals surface area contributed by atoms with Crippen LogP contribution in [0.1, 0.15) is 22.4 Å². The van der Waals surface area contributed by atoms with E-state index in [0.29, 0.717) is 5.69 Å². The first-order valence-corrected chi connectivity index (χ1v) is 8.04. The number of hydrogen-bond donors (Lipinski definition) is 0. The molecule has 1 aromatic carbocycles. The number of aromatic nitrogens is 2. The van der Waals surface area contributed by atoms with Crippen molar-refractivity contribution >= 4 is 21.6 Å². The zero-order valence-electron chi connectivity index (χ0n) is 10.3. The molecule has 1 aromatic heterocycles. The minimum atomic E-state index is -3.18. The maximum absolute atomic E-state index is 12.0. The van der Waals surface area contributed by atoms with E-state index in [-0.39, 0.29) is 11.5 Å². The molecule has 0 fully saturated rings. The molecule has 0 atom stereocenters. The fourth-order valence-corrected chi connectivity index (χ4v) is 3.56. The van der Waals surface area contributed by atoms with Gasteiger partial charge in [0.1, 0.15) is 0 Å². The smallest absolute Gasteiger partial charge is 0.160 e. The maximum Gasteiger partial charge on any atom is 0.160 e. The van der Waals surface area contributed by atoms with Gasteiger partial charge in [-0.15, -0.1) is 0 Å². The summed E-state index contributed by atoms with van der Waals surface area (Å²) in [5, 5.41) is 0. The zero-order chi connectivity index (χ0) is 13.2. The molecule has 0 bridgehead atoms. The Morgan fingerprint density at radius 3 is 2.56 bits per heavy atom. The fraction of sp³-hybridized carbons (Fsp3) is 0.333. The molecule has 0 saturated heterocycles. The normalized spacial score (nSPS) is 11.7. The summed E-state index contributed by atoms with van der Waals surface area (Å²) in [6, 6.07) is 5.73. The molecule has 0 aliphatic rings. The highest BCUT2D eigenvalue weighted by Crippen LogP contribution is 2.15. The van der Waals surface area contributed by atoms with Crippen LogP contribution in [0.4, 0.5) is 0 Å². The molecular formula is C12H14N2O2S2. The van der Waals surface area contributed by atoms with E-state index < -0.39 is 9.84 Å². The third-order valence-electron chi connectivity index (χ3n) is 2.73. The predicted octanol–water partition coefficient (Wildman–Crippen LogP) is 2.27. The fourth-order valence-electron chi connectivity index (χ4n) is 1.67. The number of nitrogens with zero attached hydrogens (tertiary/aromatic N) is 2. The minimum Gasteiger partial charge on any atom is -0.228 e. The van der Waals surface area contributed by atoms with E-state index in [0.717, 1.165) is 22.9 Å². The highest BCUT2D eigenvalue weighted by Gasteiger charge is 2.15. The van der Waals surface area contributed by atoms with Gasteiger partial charge in [-0.3, -0.25) is 0 Å². The first-order valence-electron chi connectivity index (χ1n) is 5.49.